The Balaban J connectivity index is 1.75. The van der Waals surface area contributed by atoms with Crippen molar-refractivity contribution in [2.75, 3.05) is 5.73 Å². The third kappa shape index (κ3) is 1.86. The van der Waals surface area contributed by atoms with Gasteiger partial charge in [-0.25, -0.2) is 0 Å². The maximum atomic E-state index is 12.8. The Kier molecular flexibility index (Phi) is 2.70. The number of Topliss-reactive ketones (excluding diaryl/α,β-unsaturated/α-hetero) is 1. The van der Waals surface area contributed by atoms with Crippen LogP contribution in [-0.4, -0.2) is 10.8 Å². The van der Waals surface area contributed by atoms with Crippen LogP contribution in [0.1, 0.15) is 27.2 Å². The first-order chi connectivity index (χ1) is 10.6. The van der Waals surface area contributed by atoms with E-state index in [1.165, 1.54) is 16.7 Å². The van der Waals surface area contributed by atoms with Crippen LogP contribution in [0.25, 0.3) is 17.0 Å². The fourth-order valence-corrected chi connectivity index (χ4v) is 3.15. The number of nitrogens with two attached hydrogens (primary N) is 1. The van der Waals surface area contributed by atoms with Gasteiger partial charge in [0.15, 0.2) is 0 Å². The summed E-state index contributed by atoms with van der Waals surface area (Å²) in [6.45, 7) is 2.08. The molecule has 22 heavy (non-hydrogen) atoms. The zero-order chi connectivity index (χ0) is 15.3. The largest absolute Gasteiger partial charge is 0.398 e. The summed E-state index contributed by atoms with van der Waals surface area (Å²) in [5, 5.41) is 0.901. The van der Waals surface area contributed by atoms with Crippen molar-refractivity contribution in [2.45, 2.75) is 13.3 Å². The van der Waals surface area contributed by atoms with Crippen LogP contribution in [0.3, 0.4) is 0 Å². The molecular formula is C19H16N2O. The van der Waals surface area contributed by atoms with Crippen LogP contribution in [0.2, 0.25) is 0 Å². The highest BCUT2D eigenvalue weighted by molar-refractivity contribution is 6.14. The van der Waals surface area contributed by atoms with Crippen LogP contribution >= 0.6 is 0 Å². The molecule has 0 radical (unpaired) electrons. The molecule has 0 atom stereocenters. The number of benzene rings is 2. The predicted octanol–water partition coefficient (Wildman–Crippen LogP) is 3.88. The second-order valence-corrected chi connectivity index (χ2v) is 5.81. The van der Waals surface area contributed by atoms with E-state index in [4.69, 9.17) is 5.73 Å². The predicted molar refractivity (Wildman–Crippen MR) is 89.9 cm³/mol. The smallest absolute Gasteiger partial charge is 0.205 e. The third-order valence-electron chi connectivity index (χ3n) is 4.35. The number of nitrogen functional groups attached to an aromatic ring is 1. The number of allylic oxidation sites excluding steroid dienone is 1. The van der Waals surface area contributed by atoms with Crippen LogP contribution in [0.4, 0.5) is 5.69 Å². The van der Waals surface area contributed by atoms with E-state index >= 15 is 0 Å². The number of aromatic amines is 1. The lowest BCUT2D eigenvalue weighted by molar-refractivity contribution is 0.103. The second-order valence-electron chi connectivity index (χ2n) is 5.81. The summed E-state index contributed by atoms with van der Waals surface area (Å²) in [6, 6.07) is 13.7. The molecule has 0 bridgehead atoms. The first kappa shape index (κ1) is 12.9. The highest BCUT2D eigenvalue weighted by atomic mass is 16.1. The van der Waals surface area contributed by atoms with Gasteiger partial charge in [0.1, 0.15) is 0 Å². The molecule has 108 valence electrons. The van der Waals surface area contributed by atoms with Crippen LogP contribution in [0.15, 0.2) is 48.0 Å². The summed E-state index contributed by atoms with van der Waals surface area (Å²) >= 11 is 0. The average Bonchev–Trinajstić information content (AvgIpc) is 3.11. The number of ketones is 1. The Labute approximate surface area is 128 Å². The van der Waals surface area contributed by atoms with Crippen LogP contribution in [0.5, 0.6) is 0 Å². The second kappa shape index (κ2) is 4.60. The molecule has 2 aromatic carbocycles. The van der Waals surface area contributed by atoms with Gasteiger partial charge in [-0.3, -0.25) is 4.79 Å². The van der Waals surface area contributed by atoms with Gasteiger partial charge in [0.25, 0.3) is 0 Å². The van der Waals surface area contributed by atoms with Gasteiger partial charge in [0, 0.05) is 28.6 Å². The number of aryl methyl sites for hydroxylation is 1. The topological polar surface area (TPSA) is 58.9 Å². The number of fused-ring (bicyclic) bond motifs is 2. The number of aromatic nitrogens is 1. The molecule has 0 saturated heterocycles. The van der Waals surface area contributed by atoms with Gasteiger partial charge < -0.3 is 10.7 Å². The first-order valence-corrected chi connectivity index (χ1v) is 7.34. The number of anilines is 1. The minimum Gasteiger partial charge on any atom is -0.398 e. The van der Waals surface area contributed by atoms with Crippen molar-refractivity contribution in [3.8, 4) is 0 Å². The maximum Gasteiger partial charge on any atom is 0.205 e. The number of hydrogen-bond acceptors (Lipinski definition) is 2. The van der Waals surface area contributed by atoms with E-state index in [2.05, 4.69) is 24.0 Å². The fraction of sp³-hybridized carbons (Fsp3) is 0.105. The molecule has 0 saturated carbocycles. The minimum absolute atomic E-state index is 0.0474. The Morgan fingerprint density at radius 3 is 2.77 bits per heavy atom. The lowest BCUT2D eigenvalue weighted by atomic mass is 10.0. The number of carbonyl (C=O) groups excluding carboxylic acids is 1. The van der Waals surface area contributed by atoms with Crippen molar-refractivity contribution < 1.29 is 4.79 Å². The minimum atomic E-state index is 0.0474. The monoisotopic (exact) mass is 288 g/mol. The molecule has 1 aromatic heterocycles. The van der Waals surface area contributed by atoms with E-state index < -0.39 is 0 Å². The van der Waals surface area contributed by atoms with Gasteiger partial charge in [-0.2, -0.15) is 0 Å². The lowest BCUT2D eigenvalue weighted by Crippen LogP contribution is -2.03. The molecule has 3 aromatic rings. The summed E-state index contributed by atoms with van der Waals surface area (Å²) in [5.41, 5.74) is 12.6. The molecule has 1 aliphatic rings. The van der Waals surface area contributed by atoms with Crippen molar-refractivity contribution in [1.82, 2.24) is 4.98 Å². The SMILES string of the molecule is Cc1cccc2c1C=C(C(=O)c1cc3c(N)cccc3[nH]1)C2. The number of H-pyrrole nitrogens is 1. The van der Waals surface area contributed by atoms with Gasteiger partial charge in [-0.15, -0.1) is 0 Å². The van der Waals surface area contributed by atoms with Crippen molar-refractivity contribution >= 4 is 28.4 Å². The standard InChI is InChI=1S/C19H16N2O/c1-11-4-2-5-12-8-13(9-14(11)12)19(22)18-10-15-16(20)6-3-7-17(15)21-18/h2-7,9-10,21H,8,20H2,1H3. The maximum absolute atomic E-state index is 12.8. The summed E-state index contributed by atoms with van der Waals surface area (Å²) < 4.78 is 0. The van der Waals surface area contributed by atoms with E-state index in [-0.39, 0.29) is 5.78 Å². The third-order valence-corrected chi connectivity index (χ3v) is 4.35. The van der Waals surface area contributed by atoms with E-state index in [0.717, 1.165) is 16.5 Å². The molecule has 1 aliphatic carbocycles. The van der Waals surface area contributed by atoms with Gasteiger partial charge in [0.05, 0.1) is 5.69 Å². The van der Waals surface area contributed by atoms with Gasteiger partial charge in [0.2, 0.25) is 5.78 Å². The zero-order valence-corrected chi connectivity index (χ0v) is 12.3. The van der Waals surface area contributed by atoms with Crippen LogP contribution < -0.4 is 5.73 Å². The first-order valence-electron chi connectivity index (χ1n) is 7.34. The van der Waals surface area contributed by atoms with Crippen molar-refractivity contribution in [3.63, 3.8) is 0 Å². The summed E-state index contributed by atoms with van der Waals surface area (Å²) in [7, 11) is 0. The molecular weight excluding hydrogens is 272 g/mol. The number of hydrogen-bond donors (Lipinski definition) is 2. The van der Waals surface area contributed by atoms with Crippen LogP contribution in [0, 0.1) is 6.92 Å². The Hall–Kier alpha value is -2.81. The van der Waals surface area contributed by atoms with E-state index in [9.17, 15) is 4.79 Å². The average molecular weight is 288 g/mol. The summed E-state index contributed by atoms with van der Waals surface area (Å²) in [6.07, 6.45) is 2.71. The molecule has 3 nitrogen and oxygen atoms in total. The Bertz CT molecular complexity index is 947. The molecule has 0 amide bonds. The van der Waals surface area contributed by atoms with Gasteiger partial charge >= 0.3 is 0 Å². The molecule has 1 heterocycles. The Morgan fingerprint density at radius 2 is 2.00 bits per heavy atom. The summed E-state index contributed by atoms with van der Waals surface area (Å²) in [5.74, 6) is 0.0474. The molecule has 3 N–H and O–H groups in total. The number of rotatable bonds is 2. The van der Waals surface area contributed by atoms with E-state index in [1.54, 1.807) is 0 Å². The van der Waals surface area contributed by atoms with Crippen LogP contribution in [-0.2, 0) is 6.42 Å². The van der Waals surface area contributed by atoms with Gasteiger partial charge in [-0.05, 0) is 47.9 Å². The lowest BCUT2D eigenvalue weighted by Gasteiger charge is -2.00. The molecule has 0 unspecified atom stereocenters. The van der Waals surface area contributed by atoms with Crippen molar-refractivity contribution in [1.29, 1.82) is 0 Å². The highest BCUT2D eigenvalue weighted by Crippen LogP contribution is 2.30. The molecule has 0 aliphatic heterocycles. The quantitative estimate of drug-likeness (QED) is 0.555. The molecule has 3 heteroatoms. The van der Waals surface area contributed by atoms with Crippen molar-refractivity contribution in [2.24, 2.45) is 0 Å². The zero-order valence-electron chi connectivity index (χ0n) is 12.3. The summed E-state index contributed by atoms with van der Waals surface area (Å²) in [4.78, 5) is 16.0. The van der Waals surface area contributed by atoms with Gasteiger partial charge in [-0.1, -0.05) is 24.3 Å². The number of carbonyl (C=O) groups is 1. The normalized spacial score (nSPS) is 13.2. The highest BCUT2D eigenvalue weighted by Gasteiger charge is 2.22. The molecule has 0 fully saturated rings. The fourth-order valence-electron chi connectivity index (χ4n) is 3.15. The number of nitrogens with one attached hydrogen (secondary N) is 1. The van der Waals surface area contributed by atoms with E-state index in [1.807, 2.05) is 36.4 Å². The van der Waals surface area contributed by atoms with Crippen molar-refractivity contribution in [3.05, 3.63) is 70.4 Å². The van der Waals surface area contributed by atoms with E-state index in [0.29, 0.717) is 17.8 Å². The molecule has 0 spiro atoms. The Morgan fingerprint density at radius 1 is 1.18 bits per heavy atom. The molecule has 4 rings (SSSR count).